The van der Waals surface area contributed by atoms with Crippen LogP contribution in [0.5, 0.6) is 0 Å². The van der Waals surface area contributed by atoms with Crippen molar-refractivity contribution in [3.05, 3.63) is 46.2 Å². The normalized spacial score (nSPS) is 16.2. The summed E-state index contributed by atoms with van der Waals surface area (Å²) < 4.78 is 62.7. The Bertz CT molecular complexity index is 962. The number of sulfone groups is 1. The lowest BCUT2D eigenvalue weighted by Gasteiger charge is -2.34. The minimum absolute atomic E-state index is 0.0403. The molecule has 1 saturated heterocycles. The number of alkyl halides is 3. The number of aryl methyl sites for hydroxylation is 1. The first-order valence-electron chi connectivity index (χ1n) is 8.62. The molecule has 152 valence electrons. The zero-order chi connectivity index (χ0) is 20.5. The van der Waals surface area contributed by atoms with E-state index in [1.807, 2.05) is 13.0 Å². The number of anilines is 1. The number of hydrogen-bond acceptors (Lipinski definition) is 5. The SMILES string of the molecule is Cc1ccc(C(=O)NC2CCN(c3ccccc3S(=O)(=O)C(F)(F)F)CC2)s1. The maximum atomic E-state index is 13.0. The van der Waals surface area contributed by atoms with Gasteiger partial charge in [0.1, 0.15) is 0 Å². The van der Waals surface area contributed by atoms with Crippen molar-refractivity contribution in [2.45, 2.75) is 36.2 Å². The molecular weight excluding hydrogens is 413 g/mol. The Balaban J connectivity index is 1.70. The smallest absolute Gasteiger partial charge is 0.370 e. The molecule has 0 bridgehead atoms. The Kier molecular flexibility index (Phi) is 5.72. The van der Waals surface area contributed by atoms with E-state index in [0.717, 1.165) is 10.9 Å². The summed E-state index contributed by atoms with van der Waals surface area (Å²) in [7, 11) is -5.43. The van der Waals surface area contributed by atoms with Crippen molar-refractivity contribution in [2.24, 2.45) is 0 Å². The predicted molar refractivity (Wildman–Crippen MR) is 101 cm³/mol. The zero-order valence-electron chi connectivity index (χ0n) is 15.0. The molecule has 0 atom stereocenters. The van der Waals surface area contributed by atoms with Gasteiger partial charge in [-0.2, -0.15) is 13.2 Å². The molecule has 1 aromatic heterocycles. The number of para-hydroxylation sites is 1. The molecule has 2 heterocycles. The molecule has 0 unspecified atom stereocenters. The van der Waals surface area contributed by atoms with Crippen molar-refractivity contribution in [2.75, 3.05) is 18.0 Å². The van der Waals surface area contributed by atoms with Crippen LogP contribution in [0.1, 0.15) is 27.4 Å². The van der Waals surface area contributed by atoms with Crippen molar-refractivity contribution < 1.29 is 26.4 Å². The monoisotopic (exact) mass is 432 g/mol. The van der Waals surface area contributed by atoms with Gasteiger partial charge in [0.25, 0.3) is 15.7 Å². The van der Waals surface area contributed by atoms with E-state index in [2.05, 4.69) is 5.32 Å². The first-order valence-corrected chi connectivity index (χ1v) is 10.9. The molecule has 0 saturated carbocycles. The molecule has 28 heavy (non-hydrogen) atoms. The van der Waals surface area contributed by atoms with Crippen LogP contribution in [0.2, 0.25) is 0 Å². The largest absolute Gasteiger partial charge is 0.501 e. The molecular formula is C18H19F3N2O3S2. The minimum Gasteiger partial charge on any atom is -0.370 e. The molecule has 0 aliphatic carbocycles. The quantitative estimate of drug-likeness (QED) is 0.799. The second-order valence-corrected chi connectivity index (χ2v) is 9.76. The van der Waals surface area contributed by atoms with E-state index in [0.29, 0.717) is 30.8 Å². The summed E-state index contributed by atoms with van der Waals surface area (Å²) in [6.45, 7) is 2.60. The minimum atomic E-state index is -5.43. The van der Waals surface area contributed by atoms with Gasteiger partial charge in [-0.15, -0.1) is 11.3 Å². The van der Waals surface area contributed by atoms with Crippen molar-refractivity contribution in [1.82, 2.24) is 5.32 Å². The van der Waals surface area contributed by atoms with Crippen LogP contribution >= 0.6 is 11.3 Å². The fraction of sp³-hybridized carbons (Fsp3) is 0.389. The average molecular weight is 432 g/mol. The van der Waals surface area contributed by atoms with Crippen molar-refractivity contribution in [1.29, 1.82) is 0 Å². The molecule has 1 fully saturated rings. The van der Waals surface area contributed by atoms with Crippen LogP contribution in [-0.4, -0.2) is 39.0 Å². The molecule has 1 amide bonds. The summed E-state index contributed by atoms with van der Waals surface area (Å²) in [5.41, 5.74) is -5.31. The summed E-state index contributed by atoms with van der Waals surface area (Å²) in [5.74, 6) is -0.170. The third kappa shape index (κ3) is 4.17. The topological polar surface area (TPSA) is 66.5 Å². The van der Waals surface area contributed by atoms with Gasteiger partial charge in [0, 0.05) is 24.0 Å². The van der Waals surface area contributed by atoms with Gasteiger partial charge < -0.3 is 10.2 Å². The van der Waals surface area contributed by atoms with Gasteiger partial charge in [0.2, 0.25) is 0 Å². The second-order valence-electron chi connectivity index (χ2n) is 6.56. The highest BCUT2D eigenvalue weighted by Crippen LogP contribution is 2.36. The Morgan fingerprint density at radius 3 is 2.36 bits per heavy atom. The molecule has 1 aromatic carbocycles. The number of thiophene rings is 1. The highest BCUT2D eigenvalue weighted by Gasteiger charge is 2.48. The summed E-state index contributed by atoms with van der Waals surface area (Å²) in [6.07, 6.45) is 1.02. The van der Waals surface area contributed by atoms with Gasteiger partial charge >= 0.3 is 5.51 Å². The van der Waals surface area contributed by atoms with Gasteiger partial charge in [0.15, 0.2) is 0 Å². The van der Waals surface area contributed by atoms with Crippen LogP contribution < -0.4 is 10.2 Å². The molecule has 5 nitrogen and oxygen atoms in total. The summed E-state index contributed by atoms with van der Waals surface area (Å²) in [4.78, 5) is 14.8. The van der Waals surface area contributed by atoms with Crippen molar-refractivity contribution in [3.8, 4) is 0 Å². The van der Waals surface area contributed by atoms with Gasteiger partial charge in [0.05, 0.1) is 15.5 Å². The van der Waals surface area contributed by atoms with E-state index in [4.69, 9.17) is 0 Å². The first-order chi connectivity index (χ1) is 13.1. The van der Waals surface area contributed by atoms with E-state index in [-0.39, 0.29) is 17.6 Å². The van der Waals surface area contributed by atoms with Gasteiger partial charge in [-0.25, -0.2) is 8.42 Å². The number of hydrogen-bond donors (Lipinski definition) is 1. The number of rotatable bonds is 4. The number of carbonyl (C=O) groups is 1. The Hall–Kier alpha value is -2.07. The Morgan fingerprint density at radius 2 is 1.79 bits per heavy atom. The van der Waals surface area contributed by atoms with Gasteiger partial charge in [-0.1, -0.05) is 12.1 Å². The second kappa shape index (κ2) is 7.75. The van der Waals surface area contributed by atoms with E-state index >= 15 is 0 Å². The molecule has 1 N–H and O–H groups in total. The molecule has 0 radical (unpaired) electrons. The molecule has 0 spiro atoms. The molecule has 1 aliphatic rings. The van der Waals surface area contributed by atoms with Gasteiger partial charge in [-0.3, -0.25) is 4.79 Å². The lowest BCUT2D eigenvalue weighted by atomic mass is 10.0. The summed E-state index contributed by atoms with van der Waals surface area (Å²) in [5, 5.41) is 2.94. The molecule has 3 rings (SSSR count). The summed E-state index contributed by atoms with van der Waals surface area (Å²) >= 11 is 1.39. The Morgan fingerprint density at radius 1 is 1.14 bits per heavy atom. The van der Waals surface area contributed by atoms with Crippen LogP contribution in [0.3, 0.4) is 0 Å². The number of benzene rings is 1. The van der Waals surface area contributed by atoms with Crippen LogP contribution in [0, 0.1) is 6.92 Å². The first kappa shape index (κ1) is 20.7. The maximum Gasteiger partial charge on any atom is 0.501 e. The van der Waals surface area contributed by atoms with Crippen molar-refractivity contribution in [3.63, 3.8) is 0 Å². The lowest BCUT2D eigenvalue weighted by Crippen LogP contribution is -2.45. The molecule has 1 aliphatic heterocycles. The fourth-order valence-electron chi connectivity index (χ4n) is 3.15. The highest BCUT2D eigenvalue weighted by molar-refractivity contribution is 7.92. The maximum absolute atomic E-state index is 13.0. The Labute approximate surface area is 165 Å². The highest BCUT2D eigenvalue weighted by atomic mass is 32.2. The van der Waals surface area contributed by atoms with Crippen LogP contribution in [0.15, 0.2) is 41.3 Å². The molecule has 10 heteroatoms. The van der Waals surface area contributed by atoms with E-state index in [1.54, 1.807) is 11.0 Å². The van der Waals surface area contributed by atoms with Gasteiger partial charge in [-0.05, 0) is 44.0 Å². The third-order valence-corrected chi connectivity index (χ3v) is 7.13. The number of amides is 1. The number of carbonyl (C=O) groups excluding carboxylic acids is 1. The standard InChI is InChI=1S/C18H19F3N2O3S2/c1-12-6-7-15(27-12)17(24)22-13-8-10-23(11-9-13)14-4-2-3-5-16(14)28(25,26)18(19,20)21/h2-7,13H,8-11H2,1H3,(H,22,24). The van der Waals surface area contributed by atoms with E-state index in [9.17, 15) is 26.4 Å². The number of nitrogens with zero attached hydrogens (tertiary/aromatic N) is 1. The van der Waals surface area contributed by atoms with E-state index < -0.39 is 20.2 Å². The fourth-order valence-corrected chi connectivity index (χ4v) is 4.90. The van der Waals surface area contributed by atoms with Crippen molar-refractivity contribution >= 4 is 32.8 Å². The average Bonchev–Trinajstić information content (AvgIpc) is 3.08. The number of nitrogens with one attached hydrogen (secondary N) is 1. The third-order valence-electron chi connectivity index (χ3n) is 4.59. The van der Waals surface area contributed by atoms with Crippen LogP contribution in [0.4, 0.5) is 18.9 Å². The van der Waals surface area contributed by atoms with E-state index in [1.165, 1.54) is 29.5 Å². The predicted octanol–water partition coefficient (Wildman–Crippen LogP) is 3.75. The number of piperidine rings is 1. The molecule has 2 aromatic rings. The van der Waals surface area contributed by atoms with Crippen LogP contribution in [-0.2, 0) is 9.84 Å². The number of halogens is 3. The zero-order valence-corrected chi connectivity index (χ0v) is 16.6. The van der Waals surface area contributed by atoms with Crippen LogP contribution in [0.25, 0.3) is 0 Å². The lowest BCUT2D eigenvalue weighted by molar-refractivity contribution is -0.0435. The summed E-state index contributed by atoms with van der Waals surface area (Å²) in [6, 6.07) is 8.65.